The summed E-state index contributed by atoms with van der Waals surface area (Å²) in [6.45, 7) is 0.748. The summed E-state index contributed by atoms with van der Waals surface area (Å²) in [7, 11) is 0. The van der Waals surface area contributed by atoms with Gasteiger partial charge in [-0.05, 0) is 36.6 Å². The molecule has 0 bridgehead atoms. The van der Waals surface area contributed by atoms with Gasteiger partial charge < -0.3 is 9.84 Å². The van der Waals surface area contributed by atoms with Crippen molar-refractivity contribution in [2.45, 2.75) is 18.9 Å². The first kappa shape index (κ1) is 12.0. The Balaban J connectivity index is 2.30. The van der Waals surface area contributed by atoms with Crippen molar-refractivity contribution in [1.29, 1.82) is 0 Å². The van der Waals surface area contributed by atoms with Crippen LogP contribution in [0.25, 0.3) is 0 Å². The fraction of sp³-hybridized carbons (Fsp3) is 0.500. The highest BCUT2D eigenvalue weighted by atomic mass is 79.9. The monoisotopic (exact) mass is 288 g/mol. The first-order chi connectivity index (χ1) is 7.72. The third-order valence-electron chi connectivity index (χ3n) is 2.94. The maximum absolute atomic E-state index is 13.2. The fourth-order valence-corrected chi connectivity index (χ4v) is 2.58. The van der Waals surface area contributed by atoms with Gasteiger partial charge in [0.1, 0.15) is 5.82 Å². The molecular formula is C12H14BrFO2. The van der Waals surface area contributed by atoms with Crippen LogP contribution in [0.2, 0.25) is 0 Å². The van der Waals surface area contributed by atoms with Crippen molar-refractivity contribution in [3.05, 3.63) is 34.1 Å². The lowest BCUT2D eigenvalue weighted by atomic mass is 9.90. The molecule has 0 aliphatic carbocycles. The quantitative estimate of drug-likeness (QED) is 0.906. The number of benzene rings is 1. The van der Waals surface area contributed by atoms with Gasteiger partial charge in [0.15, 0.2) is 0 Å². The molecule has 2 rings (SSSR count). The van der Waals surface area contributed by atoms with Crippen LogP contribution in [0.5, 0.6) is 0 Å². The topological polar surface area (TPSA) is 29.5 Å². The number of hydrogen-bond donors (Lipinski definition) is 1. The summed E-state index contributed by atoms with van der Waals surface area (Å²) in [4.78, 5) is 0. The summed E-state index contributed by atoms with van der Waals surface area (Å²) in [5, 5.41) is 9.29. The van der Waals surface area contributed by atoms with Crippen molar-refractivity contribution in [2.75, 3.05) is 13.2 Å². The first-order valence-electron chi connectivity index (χ1n) is 5.40. The predicted molar refractivity (Wildman–Crippen MR) is 62.6 cm³/mol. The van der Waals surface area contributed by atoms with Crippen molar-refractivity contribution < 1.29 is 14.2 Å². The molecular weight excluding hydrogens is 275 g/mol. The summed E-state index contributed by atoms with van der Waals surface area (Å²) in [6.07, 6.45) is 1.67. The molecule has 1 N–H and O–H groups in total. The van der Waals surface area contributed by atoms with Crippen LogP contribution in [-0.2, 0) is 4.74 Å². The van der Waals surface area contributed by atoms with Gasteiger partial charge in [0, 0.05) is 23.6 Å². The second-order valence-corrected chi connectivity index (χ2v) is 4.90. The van der Waals surface area contributed by atoms with Crippen LogP contribution in [0.3, 0.4) is 0 Å². The van der Waals surface area contributed by atoms with Crippen LogP contribution in [0, 0.1) is 11.7 Å². The second-order valence-electron chi connectivity index (χ2n) is 4.04. The van der Waals surface area contributed by atoms with Crippen LogP contribution in [0.4, 0.5) is 4.39 Å². The summed E-state index contributed by atoms with van der Waals surface area (Å²) < 4.78 is 19.7. The molecule has 88 valence electrons. The molecule has 0 radical (unpaired) electrons. The fourth-order valence-electron chi connectivity index (χ4n) is 2.11. The molecule has 0 amide bonds. The maximum atomic E-state index is 13.2. The Morgan fingerprint density at radius 1 is 1.50 bits per heavy atom. The van der Waals surface area contributed by atoms with Gasteiger partial charge in [-0.3, -0.25) is 0 Å². The Kier molecular flexibility index (Phi) is 3.95. The molecule has 1 aliphatic rings. The van der Waals surface area contributed by atoms with Crippen molar-refractivity contribution >= 4 is 15.9 Å². The second kappa shape index (κ2) is 5.25. The maximum Gasteiger partial charge on any atom is 0.123 e. The van der Waals surface area contributed by atoms with E-state index in [2.05, 4.69) is 15.9 Å². The van der Waals surface area contributed by atoms with Crippen molar-refractivity contribution in [2.24, 2.45) is 5.92 Å². The zero-order valence-electron chi connectivity index (χ0n) is 8.83. The summed E-state index contributed by atoms with van der Waals surface area (Å²) in [5.41, 5.74) is 0.791. The van der Waals surface area contributed by atoms with Crippen molar-refractivity contribution in [1.82, 2.24) is 0 Å². The van der Waals surface area contributed by atoms with Crippen molar-refractivity contribution in [3.63, 3.8) is 0 Å². The number of ether oxygens (including phenoxy) is 1. The standard InChI is InChI=1S/C12H14BrFO2/c13-11-4-3-9(14)6-10(11)12-8(7-15)2-1-5-16-12/h3-4,6,8,12,15H,1-2,5,7H2. The molecule has 0 spiro atoms. The third kappa shape index (κ3) is 2.44. The van der Waals surface area contributed by atoms with Crippen LogP contribution < -0.4 is 0 Å². The molecule has 0 aromatic heterocycles. The van der Waals surface area contributed by atoms with Crippen LogP contribution in [0.15, 0.2) is 22.7 Å². The van der Waals surface area contributed by atoms with E-state index < -0.39 is 0 Å². The molecule has 1 aromatic carbocycles. The van der Waals surface area contributed by atoms with Crippen LogP contribution >= 0.6 is 15.9 Å². The molecule has 16 heavy (non-hydrogen) atoms. The molecule has 2 nitrogen and oxygen atoms in total. The van der Waals surface area contributed by atoms with Gasteiger partial charge in [-0.2, -0.15) is 0 Å². The summed E-state index contributed by atoms with van der Waals surface area (Å²) in [6, 6.07) is 4.56. The van der Waals surface area contributed by atoms with E-state index in [1.54, 1.807) is 6.07 Å². The molecule has 2 unspecified atom stereocenters. The molecule has 1 aliphatic heterocycles. The Labute approximate surface area is 103 Å². The number of rotatable bonds is 2. The molecule has 1 heterocycles. The van der Waals surface area contributed by atoms with E-state index >= 15 is 0 Å². The van der Waals surface area contributed by atoms with E-state index in [0.717, 1.165) is 22.9 Å². The molecule has 1 fully saturated rings. The molecule has 1 aromatic rings. The van der Waals surface area contributed by atoms with E-state index in [4.69, 9.17) is 4.74 Å². The Morgan fingerprint density at radius 2 is 2.31 bits per heavy atom. The smallest absolute Gasteiger partial charge is 0.123 e. The number of hydrogen-bond acceptors (Lipinski definition) is 2. The van der Waals surface area contributed by atoms with Crippen LogP contribution in [0.1, 0.15) is 24.5 Å². The largest absolute Gasteiger partial charge is 0.396 e. The van der Waals surface area contributed by atoms with Gasteiger partial charge in [0.25, 0.3) is 0 Å². The van der Waals surface area contributed by atoms with E-state index in [0.29, 0.717) is 6.61 Å². The Bertz CT molecular complexity index is 370. The van der Waals surface area contributed by atoms with Crippen LogP contribution in [-0.4, -0.2) is 18.3 Å². The highest BCUT2D eigenvalue weighted by Crippen LogP contribution is 2.37. The average Bonchev–Trinajstić information content (AvgIpc) is 2.32. The first-order valence-corrected chi connectivity index (χ1v) is 6.19. The van der Waals surface area contributed by atoms with Gasteiger partial charge in [-0.25, -0.2) is 4.39 Å². The minimum absolute atomic E-state index is 0.0619. The minimum atomic E-state index is -0.274. The Morgan fingerprint density at radius 3 is 3.06 bits per heavy atom. The normalized spacial score (nSPS) is 25.7. The zero-order valence-corrected chi connectivity index (χ0v) is 10.4. The third-order valence-corrected chi connectivity index (χ3v) is 3.67. The zero-order chi connectivity index (χ0) is 11.5. The number of halogens is 2. The summed E-state index contributed by atoms with van der Waals surface area (Å²) in [5.74, 6) is -0.212. The Hall–Kier alpha value is -0.450. The van der Waals surface area contributed by atoms with Gasteiger partial charge in [0.05, 0.1) is 6.10 Å². The molecule has 1 saturated heterocycles. The van der Waals surface area contributed by atoms with Gasteiger partial charge in [0.2, 0.25) is 0 Å². The minimum Gasteiger partial charge on any atom is -0.396 e. The molecule has 2 atom stereocenters. The highest BCUT2D eigenvalue weighted by molar-refractivity contribution is 9.10. The summed E-state index contributed by atoms with van der Waals surface area (Å²) >= 11 is 3.39. The van der Waals surface area contributed by atoms with Crippen molar-refractivity contribution in [3.8, 4) is 0 Å². The number of aliphatic hydroxyl groups excluding tert-OH is 1. The highest BCUT2D eigenvalue weighted by Gasteiger charge is 2.28. The SMILES string of the molecule is OCC1CCCOC1c1cc(F)ccc1Br. The average molecular weight is 289 g/mol. The lowest BCUT2D eigenvalue weighted by Crippen LogP contribution is -2.25. The molecule has 4 heteroatoms. The van der Waals surface area contributed by atoms with E-state index in [1.165, 1.54) is 12.1 Å². The lowest BCUT2D eigenvalue weighted by Gasteiger charge is -2.31. The predicted octanol–water partition coefficient (Wildman–Crippen LogP) is 3.05. The van der Waals surface area contributed by atoms with E-state index in [1.807, 2.05) is 0 Å². The lowest BCUT2D eigenvalue weighted by molar-refractivity contribution is -0.0462. The van der Waals surface area contributed by atoms with Gasteiger partial charge in [-0.15, -0.1) is 0 Å². The molecule has 0 saturated carbocycles. The number of aliphatic hydroxyl groups is 1. The van der Waals surface area contributed by atoms with Gasteiger partial charge >= 0.3 is 0 Å². The van der Waals surface area contributed by atoms with E-state index in [-0.39, 0.29) is 24.4 Å². The van der Waals surface area contributed by atoms with E-state index in [9.17, 15) is 9.50 Å². The van der Waals surface area contributed by atoms with Gasteiger partial charge in [-0.1, -0.05) is 15.9 Å².